The van der Waals surface area contributed by atoms with Gasteiger partial charge in [-0.25, -0.2) is 4.79 Å². The van der Waals surface area contributed by atoms with Gasteiger partial charge in [0, 0.05) is 12.7 Å². The Balaban J connectivity index is 2.33. The molecule has 2 rings (SSSR count). The summed E-state index contributed by atoms with van der Waals surface area (Å²) in [5.41, 5.74) is 5.08. The molecule has 2 atom stereocenters. The van der Waals surface area contributed by atoms with Crippen LogP contribution in [-0.2, 0) is 17.8 Å². The molecule has 1 aromatic heterocycles. The summed E-state index contributed by atoms with van der Waals surface area (Å²) in [6.07, 6.45) is 4.20. The summed E-state index contributed by atoms with van der Waals surface area (Å²) in [5.74, 6) is 0. The summed E-state index contributed by atoms with van der Waals surface area (Å²) in [6.45, 7) is 4.82. The van der Waals surface area contributed by atoms with Crippen molar-refractivity contribution in [2.45, 2.75) is 58.4 Å². The molecular weight excluding hydrogens is 246 g/mol. The van der Waals surface area contributed by atoms with E-state index in [1.807, 2.05) is 13.8 Å². The van der Waals surface area contributed by atoms with Crippen molar-refractivity contribution in [1.29, 1.82) is 0 Å². The molecule has 0 aromatic carbocycles. The van der Waals surface area contributed by atoms with Crippen LogP contribution in [0.4, 0.5) is 5.69 Å². The number of ether oxygens (including phenoxy) is 1. The lowest BCUT2D eigenvalue weighted by molar-refractivity contribution is 0.0442. The first kappa shape index (κ1) is 13.9. The van der Waals surface area contributed by atoms with Gasteiger partial charge in [0.15, 0.2) is 0 Å². The molecule has 0 radical (unpaired) electrons. The Hall–Kier alpha value is -1.56. The van der Waals surface area contributed by atoms with Crippen molar-refractivity contribution in [2.24, 2.45) is 0 Å². The molecule has 6 heteroatoms. The molecule has 0 spiro atoms. The molecule has 19 heavy (non-hydrogen) atoms. The molecule has 0 aliphatic carbocycles. The summed E-state index contributed by atoms with van der Waals surface area (Å²) in [6, 6.07) is 0. The highest BCUT2D eigenvalue weighted by Gasteiger charge is 2.23. The summed E-state index contributed by atoms with van der Waals surface area (Å²) in [7, 11) is 0. The maximum atomic E-state index is 12.2. The fourth-order valence-corrected chi connectivity index (χ4v) is 2.46. The van der Waals surface area contributed by atoms with Crippen LogP contribution in [0.5, 0.6) is 0 Å². The van der Waals surface area contributed by atoms with Crippen LogP contribution in [0.3, 0.4) is 0 Å². The van der Waals surface area contributed by atoms with Gasteiger partial charge in [-0.3, -0.25) is 13.9 Å². The van der Waals surface area contributed by atoms with E-state index >= 15 is 0 Å². The molecule has 1 aliphatic rings. The van der Waals surface area contributed by atoms with Crippen molar-refractivity contribution >= 4 is 5.69 Å². The van der Waals surface area contributed by atoms with Gasteiger partial charge in [-0.1, -0.05) is 6.92 Å². The number of rotatable bonds is 4. The lowest BCUT2D eigenvalue weighted by atomic mass is 10.2. The van der Waals surface area contributed by atoms with Gasteiger partial charge in [0.25, 0.3) is 5.56 Å². The third-order valence-electron chi connectivity index (χ3n) is 3.43. The minimum absolute atomic E-state index is 0.0720. The van der Waals surface area contributed by atoms with Gasteiger partial charge in [-0.2, -0.15) is 0 Å². The number of anilines is 1. The molecule has 1 aliphatic heterocycles. The number of nitrogens with two attached hydrogens (primary N) is 1. The van der Waals surface area contributed by atoms with Gasteiger partial charge >= 0.3 is 5.69 Å². The van der Waals surface area contributed by atoms with E-state index in [0.717, 1.165) is 19.3 Å². The van der Waals surface area contributed by atoms with Crippen LogP contribution in [0.15, 0.2) is 15.8 Å². The molecule has 6 nitrogen and oxygen atoms in total. The largest absolute Gasteiger partial charge is 0.393 e. The first-order valence-corrected chi connectivity index (χ1v) is 6.78. The fraction of sp³-hybridized carbons (Fsp3) is 0.692. The van der Waals surface area contributed by atoms with Crippen LogP contribution >= 0.6 is 0 Å². The van der Waals surface area contributed by atoms with E-state index in [2.05, 4.69) is 0 Å². The summed E-state index contributed by atoms with van der Waals surface area (Å²) in [5, 5.41) is 0. The average Bonchev–Trinajstić information content (AvgIpc) is 2.77. The number of aryl methyl sites for hydroxylation is 1. The van der Waals surface area contributed by atoms with Crippen LogP contribution in [0.2, 0.25) is 0 Å². The maximum Gasteiger partial charge on any atom is 0.331 e. The Morgan fingerprint density at radius 3 is 2.74 bits per heavy atom. The zero-order valence-corrected chi connectivity index (χ0v) is 11.5. The normalized spacial score (nSPS) is 22.8. The predicted octanol–water partition coefficient (Wildman–Crippen LogP) is 0.570. The van der Waals surface area contributed by atoms with Crippen molar-refractivity contribution in [1.82, 2.24) is 9.13 Å². The van der Waals surface area contributed by atoms with Crippen LogP contribution < -0.4 is 17.0 Å². The molecule has 2 heterocycles. The van der Waals surface area contributed by atoms with Crippen molar-refractivity contribution in [3.8, 4) is 0 Å². The SMILES string of the molecule is CCCn1cc(N)c(=O)n(CC2CCC(C)O2)c1=O. The Bertz CT molecular complexity index is 561. The minimum Gasteiger partial charge on any atom is -0.393 e. The van der Waals surface area contributed by atoms with Gasteiger partial charge < -0.3 is 10.5 Å². The van der Waals surface area contributed by atoms with Crippen LogP contribution in [0.1, 0.15) is 33.1 Å². The fourth-order valence-electron chi connectivity index (χ4n) is 2.46. The molecule has 1 aromatic rings. The first-order valence-electron chi connectivity index (χ1n) is 6.78. The van der Waals surface area contributed by atoms with E-state index in [9.17, 15) is 9.59 Å². The Labute approximate surface area is 111 Å². The molecule has 2 unspecified atom stereocenters. The summed E-state index contributed by atoms with van der Waals surface area (Å²) < 4.78 is 8.36. The van der Waals surface area contributed by atoms with Crippen molar-refractivity contribution in [3.05, 3.63) is 27.0 Å². The molecule has 0 saturated carbocycles. The van der Waals surface area contributed by atoms with E-state index < -0.39 is 5.56 Å². The van der Waals surface area contributed by atoms with Crippen LogP contribution in [0, 0.1) is 0 Å². The van der Waals surface area contributed by atoms with E-state index in [-0.39, 0.29) is 30.1 Å². The lowest BCUT2D eigenvalue weighted by Crippen LogP contribution is -2.43. The minimum atomic E-state index is -0.416. The molecular formula is C13H21N3O3. The van der Waals surface area contributed by atoms with Crippen LogP contribution in [-0.4, -0.2) is 21.3 Å². The third kappa shape index (κ3) is 2.89. The summed E-state index contributed by atoms with van der Waals surface area (Å²) >= 11 is 0. The van der Waals surface area contributed by atoms with Crippen LogP contribution in [0.25, 0.3) is 0 Å². The van der Waals surface area contributed by atoms with Crippen molar-refractivity contribution < 1.29 is 4.74 Å². The summed E-state index contributed by atoms with van der Waals surface area (Å²) in [4.78, 5) is 24.2. The number of hydrogen-bond acceptors (Lipinski definition) is 4. The van der Waals surface area contributed by atoms with E-state index in [1.165, 1.54) is 15.3 Å². The average molecular weight is 267 g/mol. The topological polar surface area (TPSA) is 79.2 Å². The van der Waals surface area contributed by atoms with Gasteiger partial charge in [0.2, 0.25) is 0 Å². The highest BCUT2D eigenvalue weighted by Crippen LogP contribution is 2.19. The molecule has 2 N–H and O–H groups in total. The van der Waals surface area contributed by atoms with Crippen molar-refractivity contribution in [3.63, 3.8) is 0 Å². The quantitative estimate of drug-likeness (QED) is 0.865. The highest BCUT2D eigenvalue weighted by molar-refractivity contribution is 5.31. The van der Waals surface area contributed by atoms with Gasteiger partial charge in [0.1, 0.15) is 5.69 Å². The predicted molar refractivity (Wildman–Crippen MR) is 73.2 cm³/mol. The lowest BCUT2D eigenvalue weighted by Gasteiger charge is -2.15. The number of nitrogen functional groups attached to an aromatic ring is 1. The standard InChI is InChI=1S/C13H21N3O3/c1-3-6-15-8-11(14)12(17)16(13(15)18)7-10-5-4-9(2)19-10/h8-10H,3-7,14H2,1-2H3. The van der Waals surface area contributed by atoms with Gasteiger partial charge in [0.05, 0.1) is 18.8 Å². The molecule has 0 amide bonds. The number of aromatic nitrogens is 2. The second-order valence-corrected chi connectivity index (χ2v) is 5.12. The highest BCUT2D eigenvalue weighted by atomic mass is 16.5. The Kier molecular flexibility index (Phi) is 4.09. The molecule has 1 fully saturated rings. The van der Waals surface area contributed by atoms with Gasteiger partial charge in [-0.05, 0) is 26.2 Å². The first-order chi connectivity index (χ1) is 9.02. The number of nitrogens with zero attached hydrogens (tertiary/aromatic N) is 2. The van der Waals surface area contributed by atoms with Gasteiger partial charge in [-0.15, -0.1) is 0 Å². The molecule has 1 saturated heterocycles. The smallest absolute Gasteiger partial charge is 0.331 e. The maximum absolute atomic E-state index is 12.2. The second-order valence-electron chi connectivity index (χ2n) is 5.12. The zero-order chi connectivity index (χ0) is 14.0. The zero-order valence-electron chi connectivity index (χ0n) is 11.5. The molecule has 106 valence electrons. The van der Waals surface area contributed by atoms with E-state index in [4.69, 9.17) is 10.5 Å². The molecule has 0 bridgehead atoms. The van der Waals surface area contributed by atoms with E-state index in [0.29, 0.717) is 6.54 Å². The Morgan fingerprint density at radius 1 is 1.42 bits per heavy atom. The second kappa shape index (κ2) is 5.61. The number of hydrogen-bond donors (Lipinski definition) is 1. The van der Waals surface area contributed by atoms with E-state index in [1.54, 1.807) is 0 Å². The van der Waals surface area contributed by atoms with Crippen molar-refractivity contribution in [2.75, 3.05) is 5.73 Å². The monoisotopic (exact) mass is 267 g/mol. The Morgan fingerprint density at radius 2 is 2.16 bits per heavy atom. The third-order valence-corrected chi connectivity index (χ3v) is 3.43.